The molecule has 1 saturated carbocycles. The lowest BCUT2D eigenvalue weighted by atomic mass is 9.53. The summed E-state index contributed by atoms with van der Waals surface area (Å²) in [5, 5.41) is 0. The van der Waals surface area contributed by atoms with Crippen LogP contribution in [0.4, 0.5) is 0 Å². The molecule has 1 fully saturated rings. The molecule has 5 atom stereocenters. The summed E-state index contributed by atoms with van der Waals surface area (Å²) in [4.78, 5) is 38.6. The van der Waals surface area contributed by atoms with Crippen LogP contribution in [0.5, 0.6) is 0 Å². The van der Waals surface area contributed by atoms with E-state index in [9.17, 15) is 14.4 Å². The maximum atomic E-state index is 13.4. The van der Waals surface area contributed by atoms with Gasteiger partial charge in [0.05, 0.1) is 6.26 Å². The fraction of sp³-hybridized carbons (Fsp3) is 0.560. The molecular weight excluding hydrogens is 396 g/mol. The summed E-state index contributed by atoms with van der Waals surface area (Å²) in [5.41, 5.74) is 1.70. The van der Waals surface area contributed by atoms with Gasteiger partial charge in [-0.15, -0.1) is 0 Å². The lowest BCUT2D eigenvalue weighted by Gasteiger charge is -2.53. The summed E-state index contributed by atoms with van der Waals surface area (Å²) in [7, 11) is 0. The summed E-state index contributed by atoms with van der Waals surface area (Å²) in [6.45, 7) is 12.8. The van der Waals surface area contributed by atoms with E-state index in [0.717, 1.165) is 5.56 Å². The molecule has 31 heavy (non-hydrogen) atoms. The molecule has 0 unspecified atom stereocenters. The average Bonchev–Trinajstić information content (AvgIpc) is 3.14. The van der Waals surface area contributed by atoms with E-state index in [4.69, 9.17) is 13.9 Å². The number of fused-ring (bicyclic) bond motifs is 2. The highest BCUT2D eigenvalue weighted by Crippen LogP contribution is 2.60. The third-order valence-corrected chi connectivity index (χ3v) is 7.41. The number of esters is 2. The van der Waals surface area contributed by atoms with E-state index in [1.165, 1.54) is 0 Å². The van der Waals surface area contributed by atoms with Gasteiger partial charge in [0, 0.05) is 34.0 Å². The first-order chi connectivity index (χ1) is 14.6. The maximum Gasteiger partial charge on any atom is 0.334 e. The predicted molar refractivity (Wildman–Crippen MR) is 115 cm³/mol. The van der Waals surface area contributed by atoms with Gasteiger partial charge >= 0.3 is 11.9 Å². The predicted octanol–water partition coefficient (Wildman–Crippen LogP) is 5.27. The Morgan fingerprint density at radius 1 is 1.10 bits per heavy atom. The first-order valence-corrected chi connectivity index (χ1v) is 10.9. The number of hydrogen-bond acceptors (Lipinski definition) is 6. The zero-order valence-corrected chi connectivity index (χ0v) is 19.4. The molecule has 2 aliphatic carbocycles. The van der Waals surface area contributed by atoms with Crippen molar-refractivity contribution in [3.05, 3.63) is 46.4 Å². The van der Waals surface area contributed by atoms with E-state index in [1.807, 2.05) is 20.8 Å². The number of aryl methyl sites for hydroxylation is 1. The van der Waals surface area contributed by atoms with E-state index in [2.05, 4.69) is 0 Å². The topological polar surface area (TPSA) is 82.8 Å². The van der Waals surface area contributed by atoms with Crippen molar-refractivity contribution in [3.8, 4) is 0 Å². The number of allylic oxidation sites excluding steroid dienone is 2. The van der Waals surface area contributed by atoms with Crippen LogP contribution in [-0.2, 0) is 19.1 Å². The highest BCUT2D eigenvalue weighted by atomic mass is 16.6. The lowest BCUT2D eigenvalue weighted by molar-refractivity contribution is -0.178. The van der Waals surface area contributed by atoms with Gasteiger partial charge in [-0.05, 0) is 53.0 Å². The second-order valence-corrected chi connectivity index (χ2v) is 8.98. The molecule has 0 spiro atoms. The number of carbonyl (C=O) groups excluding carboxylic acids is 3. The zero-order chi connectivity index (χ0) is 23.1. The van der Waals surface area contributed by atoms with Gasteiger partial charge in [0.25, 0.3) is 0 Å². The molecule has 0 radical (unpaired) electrons. The van der Waals surface area contributed by atoms with Gasteiger partial charge in [-0.25, -0.2) is 9.59 Å². The van der Waals surface area contributed by atoms with Gasteiger partial charge in [0.1, 0.15) is 12.2 Å². The standard InChI is InChI=1S/C25H32O6/c1-8-13(3)23(27)30-18-11-10-17-20(26)21-19(15(5)12-29-21)22(25(17,7)16(18)6)31-24(28)14(4)9-2/h8-9,12,16-18,22H,10-11H2,1-7H3/t16-,17+,18-,22+,25+/m0/s1. The normalized spacial score (nSPS) is 31.0. The van der Waals surface area contributed by atoms with Crippen LogP contribution in [0, 0.1) is 24.2 Å². The highest BCUT2D eigenvalue weighted by Gasteiger charge is 2.61. The van der Waals surface area contributed by atoms with Crippen LogP contribution in [0.25, 0.3) is 0 Å². The van der Waals surface area contributed by atoms with Crippen molar-refractivity contribution in [2.45, 2.75) is 73.5 Å². The summed E-state index contributed by atoms with van der Waals surface area (Å²) in [6, 6.07) is 0. The summed E-state index contributed by atoms with van der Waals surface area (Å²) in [6.07, 6.45) is 5.01. The molecule has 0 bridgehead atoms. The Morgan fingerprint density at radius 2 is 1.68 bits per heavy atom. The van der Waals surface area contributed by atoms with Crippen LogP contribution in [0.2, 0.25) is 0 Å². The first-order valence-electron chi connectivity index (χ1n) is 10.9. The van der Waals surface area contributed by atoms with Gasteiger partial charge in [0.2, 0.25) is 5.78 Å². The minimum atomic E-state index is -0.741. The van der Waals surface area contributed by atoms with Crippen molar-refractivity contribution in [3.63, 3.8) is 0 Å². The van der Waals surface area contributed by atoms with Crippen LogP contribution < -0.4 is 0 Å². The molecule has 168 valence electrons. The SMILES string of the molecule is CC=C(C)C(=O)O[C@H]1CC[C@@H]2C(=O)c3occ(C)c3[C@@H](OC(=O)C(C)=CC)[C@]2(C)[C@H]1C. The molecule has 2 aliphatic rings. The van der Waals surface area contributed by atoms with Crippen molar-refractivity contribution >= 4 is 17.7 Å². The molecular formula is C25H32O6. The van der Waals surface area contributed by atoms with Crippen LogP contribution >= 0.6 is 0 Å². The molecule has 0 amide bonds. The van der Waals surface area contributed by atoms with Gasteiger partial charge in [0.15, 0.2) is 5.76 Å². The number of carbonyl (C=O) groups is 3. The van der Waals surface area contributed by atoms with Crippen LogP contribution in [-0.4, -0.2) is 23.8 Å². The minimum absolute atomic E-state index is 0.0677. The second-order valence-electron chi connectivity index (χ2n) is 8.98. The fourth-order valence-corrected chi connectivity index (χ4v) is 4.90. The van der Waals surface area contributed by atoms with Gasteiger partial charge in [-0.3, -0.25) is 4.79 Å². The Hall–Kier alpha value is -2.63. The molecule has 1 aromatic rings. The Balaban J connectivity index is 2.07. The van der Waals surface area contributed by atoms with Crippen molar-refractivity contribution in [2.24, 2.45) is 17.3 Å². The fourth-order valence-electron chi connectivity index (χ4n) is 4.90. The van der Waals surface area contributed by atoms with Crippen LogP contribution in [0.1, 0.15) is 82.2 Å². The molecule has 0 saturated heterocycles. The Kier molecular flexibility index (Phi) is 6.30. The van der Waals surface area contributed by atoms with E-state index >= 15 is 0 Å². The molecule has 1 heterocycles. The largest absolute Gasteiger partial charge is 0.461 e. The Labute approximate surface area is 183 Å². The summed E-state index contributed by atoms with van der Waals surface area (Å²) >= 11 is 0. The molecule has 6 nitrogen and oxygen atoms in total. The zero-order valence-electron chi connectivity index (χ0n) is 19.4. The van der Waals surface area contributed by atoms with Gasteiger partial charge in [-0.2, -0.15) is 0 Å². The quantitative estimate of drug-likeness (QED) is 0.480. The third kappa shape index (κ3) is 3.66. The Bertz CT molecular complexity index is 965. The van der Waals surface area contributed by atoms with Gasteiger partial charge in [-0.1, -0.05) is 26.0 Å². The van der Waals surface area contributed by atoms with Crippen LogP contribution in [0.3, 0.4) is 0 Å². The Morgan fingerprint density at radius 3 is 2.26 bits per heavy atom. The molecule has 3 rings (SSSR count). The lowest BCUT2D eigenvalue weighted by Crippen LogP contribution is -2.55. The van der Waals surface area contributed by atoms with E-state index in [0.29, 0.717) is 29.6 Å². The van der Waals surface area contributed by atoms with Gasteiger partial charge < -0.3 is 13.9 Å². The monoisotopic (exact) mass is 428 g/mol. The third-order valence-electron chi connectivity index (χ3n) is 7.41. The first kappa shape index (κ1) is 23.0. The second kappa shape index (κ2) is 8.48. The maximum absolute atomic E-state index is 13.4. The summed E-state index contributed by atoms with van der Waals surface area (Å²) < 4.78 is 17.5. The molecule has 1 aromatic heterocycles. The number of rotatable bonds is 4. The number of Topliss-reactive ketones (excluding diaryl/α,β-unsaturated/α-hetero) is 1. The highest BCUT2D eigenvalue weighted by molar-refractivity contribution is 5.99. The number of furan rings is 1. The molecule has 0 aromatic carbocycles. The van der Waals surface area contributed by atoms with E-state index in [1.54, 1.807) is 46.1 Å². The molecule has 0 aliphatic heterocycles. The average molecular weight is 429 g/mol. The van der Waals surface area contributed by atoms with Crippen LogP contribution in [0.15, 0.2) is 34.0 Å². The number of ketones is 1. The smallest absolute Gasteiger partial charge is 0.334 e. The summed E-state index contributed by atoms with van der Waals surface area (Å²) in [5.74, 6) is -1.17. The molecule has 6 heteroatoms. The van der Waals surface area contributed by atoms with Crippen molar-refractivity contribution in [2.75, 3.05) is 0 Å². The van der Waals surface area contributed by atoms with E-state index in [-0.39, 0.29) is 35.5 Å². The van der Waals surface area contributed by atoms with Crippen molar-refractivity contribution in [1.82, 2.24) is 0 Å². The van der Waals surface area contributed by atoms with Crippen molar-refractivity contribution in [1.29, 1.82) is 0 Å². The number of hydrogen-bond donors (Lipinski definition) is 0. The minimum Gasteiger partial charge on any atom is -0.461 e. The van der Waals surface area contributed by atoms with Crippen molar-refractivity contribution < 1.29 is 28.3 Å². The molecule has 0 N–H and O–H groups in total. The number of ether oxygens (including phenoxy) is 2. The van der Waals surface area contributed by atoms with E-state index < -0.39 is 17.5 Å².